The van der Waals surface area contributed by atoms with E-state index in [1.165, 1.54) is 32.1 Å². The van der Waals surface area contributed by atoms with Crippen molar-refractivity contribution in [3.8, 4) is 0 Å². The Kier molecular flexibility index (Phi) is 2.73. The highest BCUT2D eigenvalue weighted by molar-refractivity contribution is 5.22. The van der Waals surface area contributed by atoms with Gasteiger partial charge in [-0.3, -0.25) is 0 Å². The van der Waals surface area contributed by atoms with Gasteiger partial charge in [-0.1, -0.05) is 32.8 Å². The first-order chi connectivity index (χ1) is 6.31. The summed E-state index contributed by atoms with van der Waals surface area (Å²) in [5.74, 6) is 0.759. The minimum Gasteiger partial charge on any atom is -0.367 e. The van der Waals surface area contributed by atoms with Gasteiger partial charge in [-0.05, 0) is 30.8 Å². The Bertz CT molecular complexity index is 207. The van der Waals surface area contributed by atoms with Crippen molar-refractivity contribution < 1.29 is 4.74 Å². The highest BCUT2D eigenvalue weighted by Gasteiger charge is 2.35. The quantitative estimate of drug-likeness (QED) is 0.603. The molecule has 2 aliphatic rings. The fourth-order valence-electron chi connectivity index (χ4n) is 2.51. The summed E-state index contributed by atoms with van der Waals surface area (Å²) in [6.45, 7) is 4.62. The van der Waals surface area contributed by atoms with Gasteiger partial charge in [0.1, 0.15) is 0 Å². The lowest BCUT2D eigenvalue weighted by atomic mass is 9.87. The standard InChI is InChI=1S/C12H20O/c1-3-4-5-9(2)11-8-10-6-7-12(11)13-10/h8-10,12H,3-7H2,1-2H3. The average Bonchev–Trinajstić information content (AvgIpc) is 2.74. The molecule has 13 heavy (non-hydrogen) atoms. The van der Waals surface area contributed by atoms with Gasteiger partial charge in [0, 0.05) is 0 Å². The van der Waals surface area contributed by atoms with E-state index in [4.69, 9.17) is 4.74 Å². The van der Waals surface area contributed by atoms with Crippen molar-refractivity contribution in [2.24, 2.45) is 5.92 Å². The van der Waals surface area contributed by atoms with Gasteiger partial charge in [0.25, 0.3) is 0 Å². The van der Waals surface area contributed by atoms with Gasteiger partial charge in [0.05, 0.1) is 12.2 Å². The zero-order valence-electron chi connectivity index (χ0n) is 8.75. The van der Waals surface area contributed by atoms with Gasteiger partial charge in [0.15, 0.2) is 0 Å². The number of fused-ring (bicyclic) bond motifs is 2. The van der Waals surface area contributed by atoms with E-state index in [0.717, 1.165) is 5.92 Å². The molecule has 2 aliphatic heterocycles. The van der Waals surface area contributed by atoms with Crippen molar-refractivity contribution in [2.45, 2.75) is 58.2 Å². The van der Waals surface area contributed by atoms with Gasteiger partial charge >= 0.3 is 0 Å². The molecule has 2 rings (SSSR count). The molecule has 0 aliphatic carbocycles. The Morgan fingerprint density at radius 2 is 2.38 bits per heavy atom. The number of rotatable bonds is 4. The molecule has 74 valence electrons. The Hall–Kier alpha value is -0.300. The van der Waals surface area contributed by atoms with Crippen LogP contribution >= 0.6 is 0 Å². The summed E-state index contributed by atoms with van der Waals surface area (Å²) in [5, 5.41) is 0. The van der Waals surface area contributed by atoms with Crippen molar-refractivity contribution in [3.63, 3.8) is 0 Å². The minimum absolute atomic E-state index is 0.476. The molecule has 0 amide bonds. The summed E-state index contributed by atoms with van der Waals surface area (Å²) in [5.41, 5.74) is 1.60. The summed E-state index contributed by atoms with van der Waals surface area (Å²) >= 11 is 0. The van der Waals surface area contributed by atoms with Crippen molar-refractivity contribution in [2.75, 3.05) is 0 Å². The fourth-order valence-corrected chi connectivity index (χ4v) is 2.51. The second kappa shape index (κ2) is 3.83. The molecule has 2 heterocycles. The van der Waals surface area contributed by atoms with E-state index in [0.29, 0.717) is 12.2 Å². The maximum atomic E-state index is 5.79. The molecular weight excluding hydrogens is 160 g/mol. The van der Waals surface area contributed by atoms with Crippen molar-refractivity contribution >= 4 is 0 Å². The average molecular weight is 180 g/mol. The Balaban J connectivity index is 1.90. The lowest BCUT2D eigenvalue weighted by Crippen LogP contribution is -2.12. The minimum atomic E-state index is 0.476. The van der Waals surface area contributed by atoms with Crippen LogP contribution in [0.25, 0.3) is 0 Å². The summed E-state index contributed by atoms with van der Waals surface area (Å²) < 4.78 is 5.79. The van der Waals surface area contributed by atoms with E-state index in [9.17, 15) is 0 Å². The van der Waals surface area contributed by atoms with Crippen LogP contribution in [-0.4, -0.2) is 12.2 Å². The fraction of sp³-hybridized carbons (Fsp3) is 0.833. The monoisotopic (exact) mass is 180 g/mol. The first-order valence-electron chi connectivity index (χ1n) is 5.68. The maximum absolute atomic E-state index is 5.79. The van der Waals surface area contributed by atoms with Gasteiger partial charge < -0.3 is 4.74 Å². The third kappa shape index (κ3) is 1.80. The van der Waals surface area contributed by atoms with Gasteiger partial charge in [-0.2, -0.15) is 0 Å². The van der Waals surface area contributed by atoms with E-state index < -0.39 is 0 Å². The van der Waals surface area contributed by atoms with Crippen LogP contribution in [-0.2, 0) is 4.74 Å². The smallest absolute Gasteiger partial charge is 0.0797 e. The Labute approximate surface area is 81.2 Å². The summed E-state index contributed by atoms with van der Waals surface area (Å²) in [4.78, 5) is 0. The molecule has 0 spiro atoms. The van der Waals surface area contributed by atoms with Crippen LogP contribution in [0, 0.1) is 5.92 Å². The number of ether oxygens (including phenoxy) is 1. The third-order valence-electron chi connectivity index (χ3n) is 3.36. The molecule has 1 nitrogen and oxygen atoms in total. The highest BCUT2D eigenvalue weighted by atomic mass is 16.5. The van der Waals surface area contributed by atoms with E-state index in [1.807, 2.05) is 0 Å². The highest BCUT2D eigenvalue weighted by Crippen LogP contribution is 2.38. The second-order valence-electron chi connectivity index (χ2n) is 4.45. The molecule has 1 saturated heterocycles. The topological polar surface area (TPSA) is 9.23 Å². The van der Waals surface area contributed by atoms with E-state index in [1.54, 1.807) is 5.57 Å². The molecule has 0 saturated carbocycles. The molecule has 2 bridgehead atoms. The van der Waals surface area contributed by atoms with Crippen LogP contribution in [0.15, 0.2) is 11.6 Å². The number of hydrogen-bond acceptors (Lipinski definition) is 1. The second-order valence-corrected chi connectivity index (χ2v) is 4.45. The molecule has 0 aromatic rings. The predicted octanol–water partition coefficient (Wildman–Crippen LogP) is 3.30. The van der Waals surface area contributed by atoms with E-state index >= 15 is 0 Å². The first-order valence-corrected chi connectivity index (χ1v) is 5.68. The van der Waals surface area contributed by atoms with Crippen LogP contribution in [0.5, 0.6) is 0 Å². The zero-order valence-corrected chi connectivity index (χ0v) is 8.75. The molecule has 0 radical (unpaired) electrons. The van der Waals surface area contributed by atoms with E-state index in [-0.39, 0.29) is 0 Å². The lowest BCUT2D eigenvalue weighted by Gasteiger charge is -2.18. The largest absolute Gasteiger partial charge is 0.367 e. The van der Waals surface area contributed by atoms with E-state index in [2.05, 4.69) is 19.9 Å². The summed E-state index contributed by atoms with van der Waals surface area (Å²) in [6, 6.07) is 0. The van der Waals surface area contributed by atoms with Crippen LogP contribution < -0.4 is 0 Å². The summed E-state index contributed by atoms with van der Waals surface area (Å²) in [7, 11) is 0. The normalized spacial score (nSPS) is 33.5. The van der Waals surface area contributed by atoms with Crippen LogP contribution in [0.1, 0.15) is 46.0 Å². The molecule has 3 unspecified atom stereocenters. The van der Waals surface area contributed by atoms with Crippen LogP contribution in [0.4, 0.5) is 0 Å². The summed E-state index contributed by atoms with van der Waals surface area (Å²) in [6.07, 6.45) is 9.90. The SMILES string of the molecule is CCCCC(C)C1=CC2CCC1O2. The van der Waals surface area contributed by atoms with Gasteiger partial charge in [0.2, 0.25) is 0 Å². The van der Waals surface area contributed by atoms with Crippen molar-refractivity contribution in [1.29, 1.82) is 0 Å². The van der Waals surface area contributed by atoms with Gasteiger partial charge in [-0.25, -0.2) is 0 Å². The van der Waals surface area contributed by atoms with Crippen molar-refractivity contribution in [1.82, 2.24) is 0 Å². The third-order valence-corrected chi connectivity index (χ3v) is 3.36. The molecule has 1 fully saturated rings. The number of unbranched alkanes of at least 4 members (excludes halogenated alkanes) is 1. The Morgan fingerprint density at radius 1 is 1.54 bits per heavy atom. The molecule has 0 N–H and O–H groups in total. The maximum Gasteiger partial charge on any atom is 0.0797 e. The predicted molar refractivity (Wildman–Crippen MR) is 54.7 cm³/mol. The molecule has 0 aromatic carbocycles. The first kappa shape index (κ1) is 9.26. The number of hydrogen-bond donors (Lipinski definition) is 0. The van der Waals surface area contributed by atoms with Crippen LogP contribution in [0.2, 0.25) is 0 Å². The molecule has 0 aromatic heterocycles. The van der Waals surface area contributed by atoms with Crippen LogP contribution in [0.3, 0.4) is 0 Å². The molecular formula is C12H20O. The molecule has 1 heteroatoms. The lowest BCUT2D eigenvalue weighted by molar-refractivity contribution is 0.112. The van der Waals surface area contributed by atoms with Gasteiger partial charge in [-0.15, -0.1) is 0 Å². The van der Waals surface area contributed by atoms with Crippen molar-refractivity contribution in [3.05, 3.63) is 11.6 Å². The Morgan fingerprint density at radius 3 is 2.92 bits per heavy atom. The molecule has 3 atom stereocenters. The zero-order chi connectivity index (χ0) is 9.26.